The highest BCUT2D eigenvalue weighted by Gasteiger charge is 2.53. The van der Waals surface area contributed by atoms with Crippen LogP contribution in [0.3, 0.4) is 0 Å². The summed E-state index contributed by atoms with van der Waals surface area (Å²) in [5, 5.41) is 8.79. The Bertz CT molecular complexity index is 518. The van der Waals surface area contributed by atoms with Crippen molar-refractivity contribution in [2.45, 2.75) is 52.2 Å². The van der Waals surface area contributed by atoms with Gasteiger partial charge >= 0.3 is 5.69 Å². The Morgan fingerprint density at radius 1 is 1.45 bits per heavy atom. The first kappa shape index (κ1) is 14.8. The summed E-state index contributed by atoms with van der Waals surface area (Å²) in [6, 6.07) is 0.0572. The maximum absolute atomic E-state index is 12.0. The second-order valence-corrected chi connectivity index (χ2v) is 5.17. The molecule has 0 aliphatic heterocycles. The standard InChI is InChI=1S/C13H22N4O3/c1-4-13(5-2)8(7-9(13)20-6-3)14-11(18)10-15-12(19)17-16-10/h8-9H,4-7H2,1-3H3,(H,14,18)(H2,15,16,17,19)/t8-,9-/m1/s1. The van der Waals surface area contributed by atoms with E-state index in [1.165, 1.54) is 0 Å². The van der Waals surface area contributed by atoms with Crippen LogP contribution in [0, 0.1) is 5.41 Å². The van der Waals surface area contributed by atoms with E-state index in [9.17, 15) is 9.59 Å². The van der Waals surface area contributed by atoms with Crippen molar-refractivity contribution >= 4 is 5.91 Å². The monoisotopic (exact) mass is 282 g/mol. The predicted octanol–water partition coefficient (Wildman–Crippen LogP) is 0.812. The Balaban J connectivity index is 2.06. The first-order valence-electron chi connectivity index (χ1n) is 7.14. The van der Waals surface area contributed by atoms with E-state index < -0.39 is 5.69 Å². The number of nitrogens with one attached hydrogen (secondary N) is 3. The molecule has 1 fully saturated rings. The zero-order valence-corrected chi connectivity index (χ0v) is 12.2. The number of H-pyrrole nitrogens is 2. The van der Waals surface area contributed by atoms with Crippen molar-refractivity contribution in [3.8, 4) is 0 Å². The fraction of sp³-hybridized carbons (Fsp3) is 0.769. The van der Waals surface area contributed by atoms with Gasteiger partial charge in [-0.15, -0.1) is 5.10 Å². The molecular weight excluding hydrogens is 260 g/mol. The molecule has 2 rings (SSSR count). The molecule has 1 heterocycles. The number of aromatic nitrogens is 3. The third kappa shape index (κ3) is 2.37. The summed E-state index contributed by atoms with van der Waals surface area (Å²) in [7, 11) is 0. The lowest BCUT2D eigenvalue weighted by molar-refractivity contribution is -0.134. The van der Waals surface area contributed by atoms with Gasteiger partial charge in [0.2, 0.25) is 5.82 Å². The van der Waals surface area contributed by atoms with Crippen LogP contribution in [0.4, 0.5) is 0 Å². The van der Waals surface area contributed by atoms with Crippen LogP contribution in [0.15, 0.2) is 4.79 Å². The molecule has 3 N–H and O–H groups in total. The summed E-state index contributed by atoms with van der Waals surface area (Å²) in [6.45, 7) is 6.89. The molecule has 0 bridgehead atoms. The lowest BCUT2D eigenvalue weighted by Gasteiger charge is -2.55. The molecule has 20 heavy (non-hydrogen) atoms. The first-order valence-corrected chi connectivity index (χ1v) is 7.14. The van der Waals surface area contributed by atoms with Crippen molar-refractivity contribution in [2.24, 2.45) is 5.41 Å². The number of aromatic amines is 2. The quantitative estimate of drug-likeness (QED) is 0.719. The van der Waals surface area contributed by atoms with Gasteiger partial charge in [0.15, 0.2) is 0 Å². The van der Waals surface area contributed by atoms with E-state index in [1.807, 2.05) is 6.92 Å². The number of hydrogen-bond donors (Lipinski definition) is 3. The topological polar surface area (TPSA) is 99.9 Å². The number of carbonyl (C=O) groups excluding carboxylic acids is 1. The normalized spacial score (nSPS) is 24.1. The maximum Gasteiger partial charge on any atom is 0.341 e. The van der Waals surface area contributed by atoms with Crippen molar-refractivity contribution in [2.75, 3.05) is 6.61 Å². The van der Waals surface area contributed by atoms with Crippen molar-refractivity contribution in [3.63, 3.8) is 0 Å². The van der Waals surface area contributed by atoms with E-state index in [-0.39, 0.29) is 29.3 Å². The SMILES string of the molecule is CCO[C@@H]1C[C@@H](NC(=O)c2n[nH]c(=O)[nH]2)C1(CC)CC. The van der Waals surface area contributed by atoms with Gasteiger partial charge in [-0.1, -0.05) is 13.8 Å². The van der Waals surface area contributed by atoms with Gasteiger partial charge in [-0.2, -0.15) is 0 Å². The van der Waals surface area contributed by atoms with Crippen LogP contribution in [0.2, 0.25) is 0 Å². The van der Waals surface area contributed by atoms with Gasteiger partial charge in [0.05, 0.1) is 6.10 Å². The highest BCUT2D eigenvalue weighted by Crippen LogP contribution is 2.48. The third-order valence-corrected chi connectivity index (χ3v) is 4.49. The fourth-order valence-corrected chi connectivity index (χ4v) is 3.19. The van der Waals surface area contributed by atoms with E-state index in [4.69, 9.17) is 4.74 Å². The average molecular weight is 282 g/mol. The van der Waals surface area contributed by atoms with Crippen LogP contribution >= 0.6 is 0 Å². The minimum absolute atomic E-state index is 0.0240. The third-order valence-electron chi connectivity index (χ3n) is 4.49. The van der Waals surface area contributed by atoms with Gasteiger partial charge in [0.1, 0.15) is 0 Å². The molecule has 1 aliphatic rings. The summed E-state index contributed by atoms with van der Waals surface area (Å²) in [4.78, 5) is 25.4. The Kier molecular flexibility index (Phi) is 4.27. The minimum Gasteiger partial charge on any atom is -0.378 e. The van der Waals surface area contributed by atoms with Gasteiger partial charge < -0.3 is 10.1 Å². The van der Waals surface area contributed by atoms with Gasteiger partial charge in [0.25, 0.3) is 5.91 Å². The number of ether oxygens (including phenoxy) is 1. The van der Waals surface area contributed by atoms with Crippen molar-refractivity contribution in [1.82, 2.24) is 20.5 Å². The highest BCUT2D eigenvalue weighted by atomic mass is 16.5. The van der Waals surface area contributed by atoms with Crippen molar-refractivity contribution in [3.05, 3.63) is 16.3 Å². The van der Waals surface area contributed by atoms with E-state index in [1.54, 1.807) is 0 Å². The first-order chi connectivity index (χ1) is 9.57. The molecule has 0 radical (unpaired) electrons. The second kappa shape index (κ2) is 5.78. The lowest BCUT2D eigenvalue weighted by atomic mass is 9.58. The minimum atomic E-state index is -0.479. The van der Waals surface area contributed by atoms with Crippen LogP contribution in [0.5, 0.6) is 0 Å². The van der Waals surface area contributed by atoms with E-state index in [0.717, 1.165) is 19.3 Å². The van der Waals surface area contributed by atoms with Crippen molar-refractivity contribution in [1.29, 1.82) is 0 Å². The molecule has 1 amide bonds. The molecule has 112 valence electrons. The number of rotatable bonds is 6. The molecule has 0 spiro atoms. The Labute approximate surface area is 117 Å². The molecule has 2 atom stereocenters. The maximum atomic E-state index is 12.0. The zero-order valence-electron chi connectivity index (χ0n) is 12.2. The summed E-state index contributed by atoms with van der Waals surface area (Å²) in [5.41, 5.74) is -0.504. The molecule has 0 unspecified atom stereocenters. The number of carbonyl (C=O) groups is 1. The zero-order chi connectivity index (χ0) is 14.8. The Hall–Kier alpha value is -1.63. The van der Waals surface area contributed by atoms with E-state index in [2.05, 4.69) is 34.3 Å². The van der Waals surface area contributed by atoms with Crippen LogP contribution in [-0.4, -0.2) is 39.8 Å². The molecule has 0 aromatic carbocycles. The van der Waals surface area contributed by atoms with E-state index in [0.29, 0.717) is 6.61 Å². The molecule has 0 saturated heterocycles. The smallest absolute Gasteiger partial charge is 0.341 e. The Morgan fingerprint density at radius 3 is 2.65 bits per heavy atom. The molecular formula is C13H22N4O3. The number of hydrogen-bond acceptors (Lipinski definition) is 4. The molecule has 1 saturated carbocycles. The molecule has 1 aromatic heterocycles. The van der Waals surface area contributed by atoms with Gasteiger partial charge in [-0.3, -0.25) is 9.78 Å². The molecule has 7 heteroatoms. The summed E-state index contributed by atoms with van der Waals surface area (Å²) < 4.78 is 5.77. The van der Waals surface area contributed by atoms with Crippen LogP contribution in [0.1, 0.15) is 50.7 Å². The fourth-order valence-electron chi connectivity index (χ4n) is 3.19. The Morgan fingerprint density at radius 2 is 2.15 bits per heavy atom. The van der Waals surface area contributed by atoms with Crippen LogP contribution in [-0.2, 0) is 4.74 Å². The van der Waals surface area contributed by atoms with Gasteiger partial charge in [-0.05, 0) is 26.2 Å². The average Bonchev–Trinajstić information content (AvgIpc) is 2.86. The summed E-state index contributed by atoms with van der Waals surface area (Å²) >= 11 is 0. The van der Waals surface area contributed by atoms with Crippen molar-refractivity contribution < 1.29 is 9.53 Å². The van der Waals surface area contributed by atoms with Gasteiger partial charge in [-0.25, -0.2) is 9.89 Å². The summed E-state index contributed by atoms with van der Waals surface area (Å²) in [6.07, 6.45) is 2.87. The predicted molar refractivity (Wildman–Crippen MR) is 73.5 cm³/mol. The number of amides is 1. The van der Waals surface area contributed by atoms with Gasteiger partial charge in [0, 0.05) is 18.1 Å². The van der Waals surface area contributed by atoms with E-state index >= 15 is 0 Å². The lowest BCUT2D eigenvalue weighted by Crippen LogP contribution is -2.64. The molecule has 7 nitrogen and oxygen atoms in total. The van der Waals surface area contributed by atoms with Crippen LogP contribution < -0.4 is 11.0 Å². The molecule has 1 aromatic rings. The number of nitrogens with zero attached hydrogens (tertiary/aromatic N) is 1. The second-order valence-electron chi connectivity index (χ2n) is 5.17. The molecule has 1 aliphatic carbocycles. The van der Waals surface area contributed by atoms with Crippen LogP contribution in [0.25, 0.3) is 0 Å². The largest absolute Gasteiger partial charge is 0.378 e. The highest BCUT2D eigenvalue weighted by molar-refractivity contribution is 5.90. The summed E-state index contributed by atoms with van der Waals surface area (Å²) in [5.74, 6) is -0.328.